The van der Waals surface area contributed by atoms with Crippen LogP contribution in [0, 0.1) is 0 Å². The number of carboxylic acids is 1. The van der Waals surface area contributed by atoms with Gasteiger partial charge in [0.25, 0.3) is 0 Å². The zero-order chi connectivity index (χ0) is 31.7. The molecule has 224 valence electrons. The first-order valence-electron chi connectivity index (χ1n) is 12.6. The average molecular weight is 595 g/mol. The van der Waals surface area contributed by atoms with Crippen molar-refractivity contribution in [3.8, 4) is 0 Å². The Morgan fingerprint density at radius 3 is 1.60 bits per heavy atom. The standard InChI is InChI=1S/C16H15NO7.C13H11NO5/c1-9(18)22-8-23-15(20)5-4-13(19)12-6-10-2-3-11(17)7-14(10)24-16(12)21;14-8-2-1-7-5-9(10(15)3-4-12(16)17)13(18)19-11(7)6-8/h2-3,6-7H,4-5,8,17H2,1H3;1-2,5-6H,3-4,14H2,(H,16,17). The van der Waals surface area contributed by atoms with E-state index in [2.05, 4.69) is 9.47 Å². The molecular weight excluding hydrogens is 568 g/mol. The van der Waals surface area contributed by atoms with E-state index in [0.717, 1.165) is 0 Å². The number of anilines is 2. The van der Waals surface area contributed by atoms with Crippen LogP contribution in [0.3, 0.4) is 0 Å². The lowest BCUT2D eigenvalue weighted by Gasteiger charge is -2.05. The van der Waals surface area contributed by atoms with Crippen molar-refractivity contribution in [2.24, 2.45) is 0 Å². The second kappa shape index (κ2) is 14.2. The highest BCUT2D eigenvalue weighted by molar-refractivity contribution is 6.00. The van der Waals surface area contributed by atoms with Gasteiger partial charge in [0.05, 0.1) is 12.8 Å². The molecule has 0 aliphatic rings. The maximum absolute atomic E-state index is 12.1. The van der Waals surface area contributed by atoms with E-state index in [0.29, 0.717) is 27.7 Å². The highest BCUT2D eigenvalue weighted by Crippen LogP contribution is 2.19. The molecule has 14 heteroatoms. The van der Waals surface area contributed by atoms with Gasteiger partial charge in [0.2, 0.25) is 6.79 Å². The second-order valence-electron chi connectivity index (χ2n) is 9.00. The molecule has 0 spiro atoms. The summed E-state index contributed by atoms with van der Waals surface area (Å²) in [6.45, 7) is 0.659. The number of nitrogens with two attached hydrogens (primary N) is 2. The third kappa shape index (κ3) is 9.11. The van der Waals surface area contributed by atoms with Gasteiger partial charge in [0.15, 0.2) is 11.6 Å². The number of carbonyl (C=O) groups excluding carboxylic acids is 4. The SMILES string of the molecule is CC(=O)OCOC(=O)CCC(=O)c1cc2ccc(N)cc2oc1=O.Nc1ccc2cc(C(=O)CCC(=O)O)c(=O)oc2c1. The summed E-state index contributed by atoms with van der Waals surface area (Å²) in [5.41, 5.74) is 10.7. The van der Waals surface area contributed by atoms with Gasteiger partial charge >= 0.3 is 29.2 Å². The maximum Gasteiger partial charge on any atom is 0.347 e. The average Bonchev–Trinajstić information content (AvgIpc) is 2.94. The predicted molar refractivity (Wildman–Crippen MR) is 151 cm³/mol. The largest absolute Gasteiger partial charge is 0.481 e. The number of esters is 2. The van der Waals surface area contributed by atoms with Crippen molar-refractivity contribution >= 4 is 62.8 Å². The number of nitrogen functional groups attached to an aromatic ring is 2. The maximum atomic E-state index is 12.1. The molecule has 0 saturated heterocycles. The lowest BCUT2D eigenvalue weighted by Crippen LogP contribution is -2.16. The Kier molecular flexibility index (Phi) is 10.5. The van der Waals surface area contributed by atoms with Crippen LogP contribution < -0.4 is 22.7 Å². The van der Waals surface area contributed by atoms with E-state index in [-0.39, 0.29) is 42.4 Å². The summed E-state index contributed by atoms with van der Waals surface area (Å²) < 4.78 is 19.1. The Labute approximate surface area is 241 Å². The number of ether oxygens (including phenoxy) is 2. The van der Waals surface area contributed by atoms with Gasteiger partial charge in [-0.1, -0.05) is 0 Å². The quantitative estimate of drug-likeness (QED) is 0.0787. The molecule has 0 atom stereocenters. The van der Waals surface area contributed by atoms with Crippen LogP contribution in [-0.2, 0) is 23.9 Å². The summed E-state index contributed by atoms with van der Waals surface area (Å²) in [6, 6.07) is 12.2. The number of ketones is 2. The number of fused-ring (bicyclic) bond motifs is 2. The van der Waals surface area contributed by atoms with Crippen LogP contribution in [0.25, 0.3) is 21.9 Å². The van der Waals surface area contributed by atoms with Gasteiger partial charge in [-0.3, -0.25) is 24.0 Å². The summed E-state index contributed by atoms with van der Waals surface area (Å²) in [5.74, 6) is -3.50. The van der Waals surface area contributed by atoms with Gasteiger partial charge in [0, 0.05) is 54.0 Å². The smallest absolute Gasteiger partial charge is 0.347 e. The lowest BCUT2D eigenvalue weighted by atomic mass is 10.1. The molecule has 0 bridgehead atoms. The normalized spacial score (nSPS) is 10.4. The molecule has 0 unspecified atom stereocenters. The molecule has 2 heterocycles. The molecule has 2 aromatic carbocycles. The minimum atomic E-state index is -1.09. The third-order valence-corrected chi connectivity index (χ3v) is 5.73. The fourth-order valence-corrected chi connectivity index (χ4v) is 3.60. The molecule has 0 aliphatic carbocycles. The second-order valence-corrected chi connectivity index (χ2v) is 9.00. The van der Waals surface area contributed by atoms with Crippen molar-refractivity contribution < 1.29 is 47.4 Å². The summed E-state index contributed by atoms with van der Waals surface area (Å²) in [5, 5.41) is 9.62. The molecule has 4 aromatic rings. The molecule has 0 amide bonds. The summed E-state index contributed by atoms with van der Waals surface area (Å²) >= 11 is 0. The van der Waals surface area contributed by atoms with E-state index >= 15 is 0 Å². The number of Topliss-reactive ketones (excluding diaryl/α,β-unsaturated/α-hetero) is 2. The zero-order valence-electron chi connectivity index (χ0n) is 22.7. The van der Waals surface area contributed by atoms with E-state index < -0.39 is 47.5 Å². The molecular formula is C29H26N2O12. The molecule has 14 nitrogen and oxygen atoms in total. The van der Waals surface area contributed by atoms with E-state index in [4.69, 9.17) is 25.4 Å². The van der Waals surface area contributed by atoms with Crippen LogP contribution >= 0.6 is 0 Å². The molecule has 0 saturated carbocycles. The van der Waals surface area contributed by atoms with Gasteiger partial charge < -0.3 is 34.9 Å². The fraction of sp³-hybridized carbons (Fsp3) is 0.207. The summed E-state index contributed by atoms with van der Waals surface area (Å²) in [7, 11) is 0. The monoisotopic (exact) mass is 594 g/mol. The van der Waals surface area contributed by atoms with Gasteiger partial charge in [-0.15, -0.1) is 0 Å². The molecule has 5 N–H and O–H groups in total. The molecule has 4 rings (SSSR count). The minimum Gasteiger partial charge on any atom is -0.481 e. The number of rotatable bonds is 10. The molecule has 0 radical (unpaired) electrons. The van der Waals surface area contributed by atoms with Gasteiger partial charge in [-0.05, 0) is 36.4 Å². The Hall–Kier alpha value is -5.79. The Balaban J connectivity index is 0.000000242. The van der Waals surface area contributed by atoms with Gasteiger partial charge in [0.1, 0.15) is 22.3 Å². The number of benzene rings is 2. The van der Waals surface area contributed by atoms with Crippen LogP contribution in [0.4, 0.5) is 11.4 Å². The highest BCUT2D eigenvalue weighted by Gasteiger charge is 2.17. The van der Waals surface area contributed by atoms with Crippen molar-refractivity contribution in [1.82, 2.24) is 0 Å². The van der Waals surface area contributed by atoms with E-state index in [1.54, 1.807) is 24.3 Å². The van der Waals surface area contributed by atoms with Crippen molar-refractivity contribution in [2.75, 3.05) is 18.3 Å². The minimum absolute atomic E-state index is 0.140. The van der Waals surface area contributed by atoms with E-state index in [1.165, 1.54) is 31.2 Å². The van der Waals surface area contributed by atoms with Crippen molar-refractivity contribution in [3.05, 3.63) is 80.5 Å². The number of carboxylic acid groups (broad SMARTS) is 1. The molecule has 43 heavy (non-hydrogen) atoms. The molecule has 2 aromatic heterocycles. The number of hydrogen-bond donors (Lipinski definition) is 3. The predicted octanol–water partition coefficient (Wildman–Crippen LogP) is 2.82. The Morgan fingerprint density at radius 2 is 1.16 bits per heavy atom. The summed E-state index contributed by atoms with van der Waals surface area (Å²) in [6.07, 6.45) is -1.04. The fourth-order valence-electron chi connectivity index (χ4n) is 3.60. The van der Waals surface area contributed by atoms with Crippen LogP contribution in [-0.4, -0.2) is 41.4 Å². The first-order valence-corrected chi connectivity index (χ1v) is 12.6. The highest BCUT2D eigenvalue weighted by atomic mass is 16.7. The van der Waals surface area contributed by atoms with Gasteiger partial charge in [-0.2, -0.15) is 0 Å². The number of hydrogen-bond acceptors (Lipinski definition) is 13. The molecule has 0 fully saturated rings. The first-order chi connectivity index (χ1) is 20.3. The summed E-state index contributed by atoms with van der Waals surface area (Å²) in [4.78, 5) is 79.7. The van der Waals surface area contributed by atoms with E-state index in [9.17, 15) is 33.6 Å². The number of carbonyl (C=O) groups is 5. The van der Waals surface area contributed by atoms with Crippen LogP contribution in [0.15, 0.2) is 67.0 Å². The molecule has 0 aliphatic heterocycles. The first kappa shape index (κ1) is 31.7. The zero-order valence-corrected chi connectivity index (χ0v) is 22.7. The van der Waals surface area contributed by atoms with Crippen LogP contribution in [0.1, 0.15) is 53.3 Å². The third-order valence-electron chi connectivity index (χ3n) is 5.73. The lowest BCUT2D eigenvalue weighted by molar-refractivity contribution is -0.165. The van der Waals surface area contributed by atoms with Crippen molar-refractivity contribution in [1.29, 1.82) is 0 Å². The topological polar surface area (TPSA) is 236 Å². The van der Waals surface area contributed by atoms with Crippen molar-refractivity contribution in [2.45, 2.75) is 32.6 Å². The Bertz CT molecular complexity index is 1840. The van der Waals surface area contributed by atoms with Crippen LogP contribution in [0.5, 0.6) is 0 Å². The van der Waals surface area contributed by atoms with Crippen molar-refractivity contribution in [3.63, 3.8) is 0 Å². The number of aliphatic carboxylic acids is 1. The Morgan fingerprint density at radius 1 is 0.698 bits per heavy atom. The van der Waals surface area contributed by atoms with Gasteiger partial charge in [-0.25, -0.2) is 9.59 Å². The van der Waals surface area contributed by atoms with E-state index in [1.807, 2.05) is 0 Å². The van der Waals surface area contributed by atoms with Crippen LogP contribution in [0.2, 0.25) is 0 Å².